The molecule has 0 aliphatic carbocycles. The number of halogens is 4. The summed E-state index contributed by atoms with van der Waals surface area (Å²) < 4.78 is 43.7. The standard InChI is InChI=1S/C12H14ClF3N2O/c1-8-7-18(3-2-4-19-8)11-6-9(12(14,15)16)5-10(13)17-11/h5-6,8H,2-4,7H2,1H3. The molecular formula is C12H14ClF3N2O. The molecule has 19 heavy (non-hydrogen) atoms. The molecule has 0 spiro atoms. The fourth-order valence-corrected chi connectivity index (χ4v) is 2.22. The molecule has 1 atom stereocenters. The molecule has 1 unspecified atom stereocenters. The minimum atomic E-state index is -4.42. The van der Waals surface area contributed by atoms with Gasteiger partial charge in [0.15, 0.2) is 0 Å². The molecule has 0 bridgehead atoms. The van der Waals surface area contributed by atoms with Gasteiger partial charge in [-0.15, -0.1) is 0 Å². The van der Waals surface area contributed by atoms with Crippen LogP contribution in [0.15, 0.2) is 12.1 Å². The quantitative estimate of drug-likeness (QED) is 0.743. The lowest BCUT2D eigenvalue weighted by Crippen LogP contribution is -2.31. The molecule has 2 heterocycles. The summed E-state index contributed by atoms with van der Waals surface area (Å²) in [5.41, 5.74) is -0.777. The van der Waals surface area contributed by atoms with Crippen LogP contribution in [-0.2, 0) is 10.9 Å². The molecule has 106 valence electrons. The molecule has 2 rings (SSSR count). The van der Waals surface area contributed by atoms with E-state index in [1.807, 2.05) is 6.92 Å². The van der Waals surface area contributed by atoms with Crippen LogP contribution in [0, 0.1) is 0 Å². The highest BCUT2D eigenvalue weighted by atomic mass is 35.5. The molecule has 0 saturated carbocycles. The van der Waals surface area contributed by atoms with E-state index in [0.717, 1.165) is 18.6 Å². The van der Waals surface area contributed by atoms with Crippen molar-refractivity contribution in [3.05, 3.63) is 22.8 Å². The number of anilines is 1. The number of alkyl halides is 3. The highest BCUT2D eigenvalue weighted by molar-refractivity contribution is 6.29. The molecule has 1 saturated heterocycles. The normalized spacial score (nSPS) is 21.3. The summed E-state index contributed by atoms with van der Waals surface area (Å²) in [6, 6.07) is 1.87. The van der Waals surface area contributed by atoms with Crippen molar-refractivity contribution in [1.29, 1.82) is 0 Å². The number of pyridine rings is 1. The van der Waals surface area contributed by atoms with Crippen LogP contribution in [0.25, 0.3) is 0 Å². The Morgan fingerprint density at radius 2 is 2.16 bits per heavy atom. The van der Waals surface area contributed by atoms with Crippen molar-refractivity contribution >= 4 is 17.4 Å². The second kappa shape index (κ2) is 5.54. The minimum Gasteiger partial charge on any atom is -0.377 e. The van der Waals surface area contributed by atoms with Gasteiger partial charge in [0, 0.05) is 19.7 Å². The first kappa shape index (κ1) is 14.4. The highest BCUT2D eigenvalue weighted by Crippen LogP contribution is 2.33. The number of ether oxygens (including phenoxy) is 1. The monoisotopic (exact) mass is 294 g/mol. The number of nitrogens with zero attached hydrogens (tertiary/aromatic N) is 2. The van der Waals surface area contributed by atoms with Gasteiger partial charge in [0.2, 0.25) is 0 Å². The summed E-state index contributed by atoms with van der Waals surface area (Å²) in [6.07, 6.45) is -3.72. The van der Waals surface area contributed by atoms with Gasteiger partial charge in [-0.25, -0.2) is 4.98 Å². The van der Waals surface area contributed by atoms with E-state index in [1.54, 1.807) is 4.90 Å². The Balaban J connectivity index is 2.30. The molecule has 0 amide bonds. The fraction of sp³-hybridized carbons (Fsp3) is 0.583. The van der Waals surface area contributed by atoms with E-state index in [0.29, 0.717) is 19.7 Å². The Bertz CT molecular complexity index is 453. The molecule has 3 nitrogen and oxygen atoms in total. The first-order valence-corrected chi connectivity index (χ1v) is 6.35. The van der Waals surface area contributed by atoms with Crippen molar-refractivity contribution in [3.8, 4) is 0 Å². The summed E-state index contributed by atoms with van der Waals surface area (Å²) in [4.78, 5) is 5.76. The maximum atomic E-state index is 12.7. The van der Waals surface area contributed by atoms with Gasteiger partial charge in [-0.2, -0.15) is 13.2 Å². The van der Waals surface area contributed by atoms with Gasteiger partial charge in [-0.05, 0) is 25.5 Å². The van der Waals surface area contributed by atoms with E-state index in [1.165, 1.54) is 0 Å². The third kappa shape index (κ3) is 3.73. The Morgan fingerprint density at radius 3 is 2.84 bits per heavy atom. The van der Waals surface area contributed by atoms with Crippen molar-refractivity contribution in [2.75, 3.05) is 24.6 Å². The van der Waals surface area contributed by atoms with Crippen LogP contribution >= 0.6 is 11.6 Å². The highest BCUT2D eigenvalue weighted by Gasteiger charge is 2.32. The lowest BCUT2D eigenvalue weighted by atomic mass is 10.2. The SMILES string of the molecule is CC1CN(c2cc(C(F)(F)F)cc(Cl)n2)CCCO1. The average Bonchev–Trinajstić information content (AvgIpc) is 2.52. The first-order valence-electron chi connectivity index (χ1n) is 5.97. The van der Waals surface area contributed by atoms with E-state index in [9.17, 15) is 13.2 Å². The Kier molecular flexibility index (Phi) is 4.20. The topological polar surface area (TPSA) is 25.4 Å². The molecule has 0 N–H and O–H groups in total. The van der Waals surface area contributed by atoms with Gasteiger partial charge < -0.3 is 9.64 Å². The second-order valence-corrected chi connectivity index (χ2v) is 4.90. The zero-order valence-corrected chi connectivity index (χ0v) is 11.1. The van der Waals surface area contributed by atoms with Crippen LogP contribution in [0.3, 0.4) is 0 Å². The molecular weight excluding hydrogens is 281 g/mol. The van der Waals surface area contributed by atoms with E-state index < -0.39 is 11.7 Å². The zero-order valence-electron chi connectivity index (χ0n) is 10.4. The lowest BCUT2D eigenvalue weighted by molar-refractivity contribution is -0.137. The van der Waals surface area contributed by atoms with E-state index in [4.69, 9.17) is 16.3 Å². The van der Waals surface area contributed by atoms with E-state index in [2.05, 4.69) is 4.98 Å². The summed E-state index contributed by atoms with van der Waals surface area (Å²) in [7, 11) is 0. The third-order valence-electron chi connectivity index (χ3n) is 2.88. The van der Waals surface area contributed by atoms with Gasteiger partial charge in [0.25, 0.3) is 0 Å². The summed E-state index contributed by atoms with van der Waals surface area (Å²) in [5.74, 6) is 0.247. The molecule has 1 aliphatic rings. The molecule has 1 aliphatic heterocycles. The number of rotatable bonds is 1. The van der Waals surface area contributed by atoms with E-state index in [-0.39, 0.29) is 17.1 Å². The van der Waals surface area contributed by atoms with Crippen molar-refractivity contribution in [2.24, 2.45) is 0 Å². The van der Waals surface area contributed by atoms with Gasteiger partial charge >= 0.3 is 6.18 Å². The Morgan fingerprint density at radius 1 is 1.42 bits per heavy atom. The molecule has 7 heteroatoms. The average molecular weight is 295 g/mol. The summed E-state index contributed by atoms with van der Waals surface area (Å²) in [6.45, 7) is 3.59. The van der Waals surface area contributed by atoms with Gasteiger partial charge in [-0.1, -0.05) is 11.6 Å². The van der Waals surface area contributed by atoms with E-state index >= 15 is 0 Å². The van der Waals surface area contributed by atoms with Gasteiger partial charge in [0.1, 0.15) is 11.0 Å². The van der Waals surface area contributed by atoms with Crippen molar-refractivity contribution in [2.45, 2.75) is 25.6 Å². The number of aromatic nitrogens is 1. The Labute approximate surface area is 114 Å². The lowest BCUT2D eigenvalue weighted by Gasteiger charge is -2.24. The first-order chi connectivity index (χ1) is 8.86. The molecule has 0 radical (unpaired) electrons. The van der Waals surface area contributed by atoms with Crippen molar-refractivity contribution in [3.63, 3.8) is 0 Å². The largest absolute Gasteiger partial charge is 0.416 e. The van der Waals surface area contributed by atoms with Crippen molar-refractivity contribution < 1.29 is 17.9 Å². The predicted molar refractivity (Wildman–Crippen MR) is 66.5 cm³/mol. The third-order valence-corrected chi connectivity index (χ3v) is 3.08. The maximum Gasteiger partial charge on any atom is 0.416 e. The second-order valence-electron chi connectivity index (χ2n) is 4.52. The smallest absolute Gasteiger partial charge is 0.377 e. The zero-order chi connectivity index (χ0) is 14.0. The van der Waals surface area contributed by atoms with Gasteiger partial charge in [-0.3, -0.25) is 0 Å². The predicted octanol–water partition coefficient (Wildman–Crippen LogP) is 3.37. The summed E-state index contributed by atoms with van der Waals surface area (Å²) in [5, 5.41) is -0.150. The van der Waals surface area contributed by atoms with Crippen LogP contribution in [0.5, 0.6) is 0 Å². The number of hydrogen-bond acceptors (Lipinski definition) is 3. The van der Waals surface area contributed by atoms with Gasteiger partial charge in [0.05, 0.1) is 11.7 Å². The molecule has 0 aromatic carbocycles. The minimum absolute atomic E-state index is 0.0439. The van der Waals surface area contributed by atoms with Crippen LogP contribution in [-0.4, -0.2) is 30.8 Å². The molecule has 1 fully saturated rings. The van der Waals surface area contributed by atoms with Crippen LogP contribution in [0.1, 0.15) is 18.9 Å². The van der Waals surface area contributed by atoms with Crippen molar-refractivity contribution in [1.82, 2.24) is 4.98 Å². The fourth-order valence-electron chi connectivity index (χ4n) is 2.01. The van der Waals surface area contributed by atoms with Crippen LogP contribution < -0.4 is 4.90 Å². The van der Waals surface area contributed by atoms with Crippen LogP contribution in [0.2, 0.25) is 5.15 Å². The number of hydrogen-bond donors (Lipinski definition) is 0. The summed E-state index contributed by atoms with van der Waals surface area (Å²) >= 11 is 5.68. The Hall–Kier alpha value is -1.01. The maximum absolute atomic E-state index is 12.7. The molecule has 1 aromatic rings. The van der Waals surface area contributed by atoms with Crippen LogP contribution in [0.4, 0.5) is 19.0 Å². The molecule has 1 aromatic heterocycles.